The highest BCUT2D eigenvalue weighted by Gasteiger charge is 2.22. The van der Waals surface area contributed by atoms with E-state index in [0.717, 1.165) is 26.2 Å². The number of para-hydroxylation sites is 7. The number of aromatic nitrogens is 7. The Kier molecular flexibility index (Phi) is 20.3. The van der Waals surface area contributed by atoms with Gasteiger partial charge in [0.2, 0.25) is 24.5 Å². The minimum Gasteiger partial charge on any atom is -0.233 e. The van der Waals surface area contributed by atoms with Crippen LogP contribution in [0.15, 0.2) is 159 Å². The van der Waals surface area contributed by atoms with Crippen LogP contribution >= 0.6 is 0 Å². The molecule has 9 rings (SSSR count). The van der Waals surface area contributed by atoms with Crippen LogP contribution in [0.5, 0.6) is 0 Å². The van der Waals surface area contributed by atoms with Gasteiger partial charge in [0, 0.05) is 23.9 Å². The van der Waals surface area contributed by atoms with E-state index >= 15 is 0 Å². The molecule has 400 valence electrons. The van der Waals surface area contributed by atoms with Crippen LogP contribution in [0.25, 0.3) is 44.0 Å². The number of benzene rings is 5. The van der Waals surface area contributed by atoms with Gasteiger partial charge in [-0.1, -0.05) is 155 Å². The molecule has 0 atom stereocenters. The van der Waals surface area contributed by atoms with E-state index in [2.05, 4.69) is 295 Å². The minimum atomic E-state index is 0.229. The summed E-state index contributed by atoms with van der Waals surface area (Å²) in [4.78, 5) is 0. The van der Waals surface area contributed by atoms with Gasteiger partial charge in [0.1, 0.15) is 7.05 Å². The Labute approximate surface area is 453 Å². The predicted molar refractivity (Wildman–Crippen MR) is 318 cm³/mol. The summed E-state index contributed by atoms with van der Waals surface area (Å²) in [6, 6.07) is 49.8. The number of nitrogens with zero attached hydrogens (tertiary/aromatic N) is 7. The van der Waals surface area contributed by atoms with Gasteiger partial charge in [-0.3, -0.25) is 0 Å². The number of imidazole rings is 3. The van der Waals surface area contributed by atoms with E-state index in [9.17, 15) is 0 Å². The monoisotopic (exact) mass is 1010 g/mol. The van der Waals surface area contributed by atoms with Gasteiger partial charge in [0.05, 0.1) is 40.3 Å². The quantitative estimate of drug-likeness (QED) is 0.0917. The predicted octanol–water partition coefficient (Wildman–Crippen LogP) is 15.3. The number of hydrogen-bond acceptors (Lipinski definition) is 0. The molecule has 0 aliphatic heterocycles. The Balaban J connectivity index is 0.000000163. The van der Waals surface area contributed by atoms with Crippen LogP contribution in [0.4, 0.5) is 0 Å². The highest BCUT2D eigenvalue weighted by molar-refractivity contribution is 5.75. The van der Waals surface area contributed by atoms with Crippen LogP contribution in [0.1, 0.15) is 146 Å². The summed E-state index contributed by atoms with van der Waals surface area (Å²) >= 11 is 0. The molecule has 0 fully saturated rings. The molecule has 5 aromatic carbocycles. The summed E-state index contributed by atoms with van der Waals surface area (Å²) in [5.74, 6) is 0. The highest BCUT2D eigenvalue weighted by Crippen LogP contribution is 2.29. The maximum Gasteiger partial charge on any atom is 0.244 e. The number of aryl methyl sites for hydroxylation is 8. The van der Waals surface area contributed by atoms with Crippen molar-refractivity contribution in [1.29, 1.82) is 0 Å². The van der Waals surface area contributed by atoms with Gasteiger partial charge in [-0.15, -0.1) is 0 Å². The molecular weight excluding hydrogens is 915 g/mol. The lowest BCUT2D eigenvalue weighted by Gasteiger charge is -2.24. The molecule has 0 aliphatic rings. The molecule has 4 aromatic heterocycles. The molecule has 4 heterocycles. The lowest BCUT2D eigenvalue weighted by molar-refractivity contribution is -0.672. The molecule has 0 radical (unpaired) electrons. The van der Waals surface area contributed by atoms with Gasteiger partial charge >= 0.3 is 0 Å². The Morgan fingerprint density at radius 2 is 0.840 bits per heavy atom. The van der Waals surface area contributed by atoms with E-state index in [0.29, 0.717) is 16.2 Å². The van der Waals surface area contributed by atoms with Crippen molar-refractivity contribution in [2.45, 2.75) is 172 Å². The molecule has 0 amide bonds. The number of pyridine rings is 1. The maximum atomic E-state index is 2.39. The lowest BCUT2D eigenvalue weighted by Crippen LogP contribution is -2.34. The standard InChI is InChI=1S/C20H25N2.C17H24N.C16H25N2.C15H23N2/c1-20(2,17-10-5-4-6-11-17)14-9-15-22-16-21(3)18-12-7-8-13-19(18)22;1-17(2,3)13-7-9-15-12-11-14-8-5-6-10-16(14)18(15)4;1-5-17-13-18(12-8-11-16(2,3)4)15-10-7-6-9-14(15)17;1-15(2,3)10-7-11-17-12-16(4)13-8-5-6-9-14(13)17/h4-8,10-13,16H,9,14-15H2,1-3H3;5-6,8,10-12H,7,9,13H2,1-4H3;6-7,9-10,13H,5,8,11-12H2,1-4H3;5-6,8-9,12H,7,10-11H2,1-4H3/q4*+1. The van der Waals surface area contributed by atoms with Crippen LogP contribution in [-0.4, -0.2) is 13.7 Å². The first kappa shape index (κ1) is 58.2. The fraction of sp³-hybridized carbons (Fsp3) is 0.471. The lowest BCUT2D eigenvalue weighted by atomic mass is 9.80. The van der Waals surface area contributed by atoms with Crippen LogP contribution < -0.4 is 18.3 Å². The van der Waals surface area contributed by atoms with Crippen LogP contribution in [0, 0.1) is 16.2 Å². The number of rotatable bonds is 15. The first-order valence-corrected chi connectivity index (χ1v) is 28.3. The van der Waals surface area contributed by atoms with Crippen molar-refractivity contribution in [2.75, 3.05) is 0 Å². The molecule has 0 saturated heterocycles. The molecular formula is C68H97N7+4. The zero-order valence-corrected chi connectivity index (χ0v) is 49.3. The molecule has 0 saturated carbocycles. The van der Waals surface area contributed by atoms with Gasteiger partial charge in [-0.25, -0.2) is 27.4 Å². The minimum absolute atomic E-state index is 0.229. The van der Waals surface area contributed by atoms with Gasteiger partial charge in [0.25, 0.3) is 0 Å². The summed E-state index contributed by atoms with van der Waals surface area (Å²) in [6.07, 6.45) is 17.8. The number of fused-ring (bicyclic) bond motifs is 4. The van der Waals surface area contributed by atoms with E-state index in [4.69, 9.17) is 0 Å². The molecule has 0 N–H and O–H groups in total. The van der Waals surface area contributed by atoms with E-state index < -0.39 is 0 Å². The average molecular weight is 1010 g/mol. The van der Waals surface area contributed by atoms with Crippen molar-refractivity contribution < 1.29 is 18.3 Å². The summed E-state index contributed by atoms with van der Waals surface area (Å²) in [5.41, 5.74) is 13.7. The van der Waals surface area contributed by atoms with Crippen molar-refractivity contribution in [1.82, 2.24) is 13.7 Å². The first-order valence-electron chi connectivity index (χ1n) is 28.3. The Hall–Kier alpha value is -6.08. The van der Waals surface area contributed by atoms with Gasteiger partial charge < -0.3 is 0 Å². The van der Waals surface area contributed by atoms with E-state index in [-0.39, 0.29) is 5.41 Å². The Bertz CT molecular complexity index is 3160. The third-order valence-electron chi connectivity index (χ3n) is 14.8. The molecule has 0 spiro atoms. The summed E-state index contributed by atoms with van der Waals surface area (Å²) < 4.78 is 16.2. The second kappa shape index (κ2) is 26.1. The van der Waals surface area contributed by atoms with Crippen LogP contribution in [0.3, 0.4) is 0 Å². The normalized spacial score (nSPS) is 12.1. The van der Waals surface area contributed by atoms with Gasteiger partial charge in [-0.2, -0.15) is 4.57 Å². The van der Waals surface area contributed by atoms with Crippen LogP contribution in [0.2, 0.25) is 0 Å². The van der Waals surface area contributed by atoms with E-state index in [1.807, 2.05) is 0 Å². The van der Waals surface area contributed by atoms with Crippen LogP contribution in [-0.2, 0) is 59.2 Å². The molecule has 7 heteroatoms. The van der Waals surface area contributed by atoms with Crippen molar-refractivity contribution in [3.63, 3.8) is 0 Å². The Morgan fingerprint density at radius 1 is 0.400 bits per heavy atom. The number of hydrogen-bond donors (Lipinski definition) is 0. The second-order valence-corrected chi connectivity index (χ2v) is 25.4. The molecule has 0 aliphatic carbocycles. The Morgan fingerprint density at radius 3 is 1.37 bits per heavy atom. The SMILES string of the molecule is CCn1c[n+](CCCC(C)(C)C)c2ccccc21.C[n+]1c(CCCC(C)(C)C)ccc2ccccc21.C[n+]1cn(CCCC(C)(C)C)c2ccccc21.C[n+]1cn(CCCC(C)(C)c2ccccc2)c2ccccc21. The van der Waals surface area contributed by atoms with Crippen molar-refractivity contribution in [3.05, 3.63) is 170 Å². The first-order chi connectivity index (χ1) is 35.5. The fourth-order valence-electron chi connectivity index (χ4n) is 10.4. The summed E-state index contributed by atoms with van der Waals surface area (Å²) in [5, 5.41) is 1.32. The van der Waals surface area contributed by atoms with E-state index in [1.165, 1.54) is 113 Å². The highest BCUT2D eigenvalue weighted by atomic mass is 15.1. The fourth-order valence-corrected chi connectivity index (χ4v) is 10.4. The van der Waals surface area contributed by atoms with Crippen molar-refractivity contribution in [3.8, 4) is 0 Å². The molecule has 9 aromatic rings. The maximum absolute atomic E-state index is 2.39. The molecule has 0 unspecified atom stereocenters. The topological polar surface area (TPSA) is 30.3 Å². The van der Waals surface area contributed by atoms with Gasteiger partial charge in [0.15, 0.2) is 38.8 Å². The third-order valence-corrected chi connectivity index (χ3v) is 14.8. The molecule has 0 bridgehead atoms. The summed E-state index contributed by atoms with van der Waals surface area (Å²) in [7, 11) is 6.41. The van der Waals surface area contributed by atoms with Crippen molar-refractivity contribution >= 4 is 44.0 Å². The van der Waals surface area contributed by atoms with Crippen molar-refractivity contribution in [2.24, 2.45) is 37.4 Å². The summed E-state index contributed by atoms with van der Waals surface area (Å²) in [6.45, 7) is 32.0. The largest absolute Gasteiger partial charge is 0.244 e. The zero-order chi connectivity index (χ0) is 54.4. The third kappa shape index (κ3) is 17.2. The smallest absolute Gasteiger partial charge is 0.233 e. The second-order valence-electron chi connectivity index (χ2n) is 25.4. The molecule has 7 nitrogen and oxygen atoms in total. The van der Waals surface area contributed by atoms with Gasteiger partial charge in [-0.05, 0) is 134 Å². The van der Waals surface area contributed by atoms with E-state index in [1.54, 1.807) is 0 Å². The zero-order valence-electron chi connectivity index (χ0n) is 49.3. The average Bonchev–Trinajstić information content (AvgIpc) is 4.01. The molecule has 75 heavy (non-hydrogen) atoms.